The summed E-state index contributed by atoms with van der Waals surface area (Å²) in [5.41, 5.74) is 0.363. The zero-order valence-corrected chi connectivity index (χ0v) is 11.9. The maximum Gasteiger partial charge on any atom is 0.0840 e. The Bertz CT molecular complexity index is 195. The third-order valence-electron chi connectivity index (χ3n) is 4.14. The summed E-state index contributed by atoms with van der Waals surface area (Å²) in [6, 6.07) is 0. The molecule has 17 heavy (non-hydrogen) atoms. The van der Waals surface area contributed by atoms with Crippen molar-refractivity contribution in [1.29, 1.82) is 0 Å². The molecule has 102 valence electrons. The van der Waals surface area contributed by atoms with E-state index in [9.17, 15) is 5.11 Å². The molecule has 0 radical (unpaired) electrons. The summed E-state index contributed by atoms with van der Waals surface area (Å²) in [7, 11) is 0. The zero-order chi connectivity index (χ0) is 12.7. The van der Waals surface area contributed by atoms with Gasteiger partial charge in [-0.25, -0.2) is 0 Å². The number of aliphatic hydroxyl groups excluding tert-OH is 1. The van der Waals surface area contributed by atoms with Gasteiger partial charge in [0.25, 0.3) is 0 Å². The van der Waals surface area contributed by atoms with E-state index in [1.165, 1.54) is 38.5 Å². The molecular formula is C15H30O2. The van der Waals surface area contributed by atoms with Crippen molar-refractivity contribution in [3.05, 3.63) is 0 Å². The second-order valence-electron chi connectivity index (χ2n) is 5.99. The molecule has 1 fully saturated rings. The highest BCUT2D eigenvalue weighted by Gasteiger charge is 2.34. The van der Waals surface area contributed by atoms with Crippen LogP contribution >= 0.6 is 0 Å². The second kappa shape index (κ2) is 7.38. The van der Waals surface area contributed by atoms with Crippen LogP contribution in [0.1, 0.15) is 72.1 Å². The summed E-state index contributed by atoms with van der Waals surface area (Å²) in [5, 5.41) is 9.88. The van der Waals surface area contributed by atoms with Crippen molar-refractivity contribution in [3.8, 4) is 0 Å². The quantitative estimate of drug-likeness (QED) is 0.699. The highest BCUT2D eigenvalue weighted by molar-refractivity contribution is 4.84. The maximum absolute atomic E-state index is 9.88. The highest BCUT2D eigenvalue weighted by Crippen LogP contribution is 2.38. The minimum atomic E-state index is -0.224. The molecule has 1 unspecified atom stereocenters. The Balaban J connectivity index is 2.48. The number of ether oxygens (including phenoxy) is 1. The monoisotopic (exact) mass is 242 g/mol. The molecule has 1 rings (SSSR count). The van der Waals surface area contributed by atoms with Gasteiger partial charge in [-0.1, -0.05) is 46.5 Å². The van der Waals surface area contributed by atoms with Crippen LogP contribution in [0.2, 0.25) is 0 Å². The van der Waals surface area contributed by atoms with Gasteiger partial charge in [0.1, 0.15) is 0 Å². The van der Waals surface area contributed by atoms with Crippen LogP contribution in [0.15, 0.2) is 0 Å². The molecule has 0 aromatic carbocycles. The number of hydrogen-bond acceptors (Lipinski definition) is 2. The van der Waals surface area contributed by atoms with Crippen LogP contribution < -0.4 is 0 Å². The van der Waals surface area contributed by atoms with Crippen molar-refractivity contribution in [2.24, 2.45) is 5.41 Å². The Morgan fingerprint density at radius 3 is 2.18 bits per heavy atom. The Hall–Kier alpha value is -0.0800. The Morgan fingerprint density at radius 2 is 1.76 bits per heavy atom. The van der Waals surface area contributed by atoms with E-state index >= 15 is 0 Å². The molecule has 2 heteroatoms. The summed E-state index contributed by atoms with van der Waals surface area (Å²) in [6.07, 6.45) is 9.38. The van der Waals surface area contributed by atoms with Crippen molar-refractivity contribution in [2.75, 3.05) is 6.61 Å². The van der Waals surface area contributed by atoms with E-state index < -0.39 is 0 Å². The number of unbranched alkanes of at least 4 members (excludes halogenated alkanes) is 2. The predicted octanol–water partition coefficient (Wildman–Crippen LogP) is 3.91. The van der Waals surface area contributed by atoms with Crippen LogP contribution in [0.5, 0.6) is 0 Å². The first kappa shape index (κ1) is 15.0. The molecule has 0 aromatic heterocycles. The topological polar surface area (TPSA) is 29.5 Å². The largest absolute Gasteiger partial charge is 0.390 e. The van der Waals surface area contributed by atoms with Crippen molar-refractivity contribution < 1.29 is 9.84 Å². The van der Waals surface area contributed by atoms with Gasteiger partial charge in [-0.2, -0.15) is 0 Å². The van der Waals surface area contributed by atoms with Crippen LogP contribution in [-0.4, -0.2) is 23.9 Å². The van der Waals surface area contributed by atoms with E-state index in [2.05, 4.69) is 20.8 Å². The first-order chi connectivity index (χ1) is 8.11. The first-order valence-corrected chi connectivity index (χ1v) is 7.41. The van der Waals surface area contributed by atoms with E-state index in [1.54, 1.807) is 0 Å². The zero-order valence-electron chi connectivity index (χ0n) is 11.9. The van der Waals surface area contributed by atoms with Gasteiger partial charge < -0.3 is 9.84 Å². The third kappa shape index (κ3) is 4.97. The standard InChI is InChI=1S/C15H30O2/c1-4-6-9-15(3,10-7-5-2)12-14-13(16)8-11-17-14/h13-14,16H,4-12H2,1-3H3/t13-,14?/m1/s1. The Kier molecular flexibility index (Phi) is 6.50. The van der Waals surface area contributed by atoms with Crippen LogP contribution in [0.4, 0.5) is 0 Å². The van der Waals surface area contributed by atoms with Gasteiger partial charge in [0, 0.05) is 6.61 Å². The minimum absolute atomic E-state index is 0.0914. The van der Waals surface area contributed by atoms with E-state index in [0.717, 1.165) is 19.4 Å². The Labute approximate surface area is 107 Å². The van der Waals surface area contributed by atoms with Gasteiger partial charge in [-0.15, -0.1) is 0 Å². The summed E-state index contributed by atoms with van der Waals surface area (Å²) in [4.78, 5) is 0. The summed E-state index contributed by atoms with van der Waals surface area (Å²) < 4.78 is 5.67. The molecule has 1 saturated heterocycles. The third-order valence-corrected chi connectivity index (χ3v) is 4.14. The molecule has 0 saturated carbocycles. The average Bonchev–Trinajstić information content (AvgIpc) is 2.70. The SMILES string of the molecule is CCCCC(C)(CCCC)CC1OCC[C@H]1O. The number of aliphatic hydroxyl groups is 1. The molecule has 0 aromatic rings. The van der Waals surface area contributed by atoms with E-state index in [1.807, 2.05) is 0 Å². The number of rotatable bonds is 8. The lowest BCUT2D eigenvalue weighted by Gasteiger charge is -2.33. The highest BCUT2D eigenvalue weighted by atomic mass is 16.5. The van der Waals surface area contributed by atoms with E-state index in [4.69, 9.17) is 4.74 Å². The van der Waals surface area contributed by atoms with Crippen molar-refractivity contribution in [1.82, 2.24) is 0 Å². The average molecular weight is 242 g/mol. The van der Waals surface area contributed by atoms with Gasteiger partial charge >= 0.3 is 0 Å². The van der Waals surface area contributed by atoms with E-state index in [0.29, 0.717) is 5.41 Å². The molecule has 0 bridgehead atoms. The normalized spacial score (nSPS) is 25.4. The Morgan fingerprint density at radius 1 is 1.18 bits per heavy atom. The second-order valence-corrected chi connectivity index (χ2v) is 5.99. The molecule has 1 N–H and O–H groups in total. The fraction of sp³-hybridized carbons (Fsp3) is 1.00. The van der Waals surface area contributed by atoms with Crippen LogP contribution in [0, 0.1) is 5.41 Å². The first-order valence-electron chi connectivity index (χ1n) is 7.41. The lowest BCUT2D eigenvalue weighted by Crippen LogP contribution is -2.30. The summed E-state index contributed by atoms with van der Waals surface area (Å²) >= 11 is 0. The van der Waals surface area contributed by atoms with Crippen LogP contribution in [-0.2, 0) is 4.74 Å². The van der Waals surface area contributed by atoms with Crippen molar-refractivity contribution in [3.63, 3.8) is 0 Å². The van der Waals surface area contributed by atoms with Crippen molar-refractivity contribution in [2.45, 2.75) is 84.3 Å². The molecule has 1 aliphatic rings. The van der Waals surface area contributed by atoms with Crippen LogP contribution in [0.25, 0.3) is 0 Å². The van der Waals surface area contributed by atoms with Gasteiger partial charge in [0.2, 0.25) is 0 Å². The summed E-state index contributed by atoms with van der Waals surface area (Å²) in [6.45, 7) is 7.62. The molecule has 1 heterocycles. The fourth-order valence-corrected chi connectivity index (χ4v) is 2.85. The van der Waals surface area contributed by atoms with Gasteiger partial charge in [0.15, 0.2) is 0 Å². The fourth-order valence-electron chi connectivity index (χ4n) is 2.85. The van der Waals surface area contributed by atoms with Gasteiger partial charge in [0.05, 0.1) is 12.2 Å². The predicted molar refractivity (Wildman–Crippen MR) is 72.1 cm³/mol. The molecule has 0 aliphatic carbocycles. The van der Waals surface area contributed by atoms with Crippen molar-refractivity contribution >= 4 is 0 Å². The molecule has 0 spiro atoms. The molecule has 2 nitrogen and oxygen atoms in total. The number of hydrogen-bond donors (Lipinski definition) is 1. The lowest BCUT2D eigenvalue weighted by atomic mass is 9.75. The lowest BCUT2D eigenvalue weighted by molar-refractivity contribution is 0.00421. The van der Waals surface area contributed by atoms with E-state index in [-0.39, 0.29) is 12.2 Å². The molecule has 1 aliphatic heterocycles. The van der Waals surface area contributed by atoms with Gasteiger partial charge in [-0.3, -0.25) is 0 Å². The maximum atomic E-state index is 9.88. The summed E-state index contributed by atoms with van der Waals surface area (Å²) in [5.74, 6) is 0. The molecule has 2 atom stereocenters. The van der Waals surface area contributed by atoms with Crippen LogP contribution in [0.3, 0.4) is 0 Å². The van der Waals surface area contributed by atoms with Gasteiger partial charge in [-0.05, 0) is 31.1 Å². The molecule has 0 amide bonds. The minimum Gasteiger partial charge on any atom is -0.390 e. The smallest absolute Gasteiger partial charge is 0.0840 e. The molecular weight excluding hydrogens is 212 g/mol.